The molecule has 8 heteroatoms. The zero-order valence-corrected chi connectivity index (χ0v) is 26.4. The molecular weight excluding hydrogens is 552 g/mol. The lowest BCUT2D eigenvalue weighted by Crippen LogP contribution is -2.50. The van der Waals surface area contributed by atoms with Crippen molar-refractivity contribution in [1.29, 1.82) is 0 Å². The van der Waals surface area contributed by atoms with E-state index in [1.165, 1.54) is 16.0 Å². The Labute approximate surface area is 261 Å². The van der Waals surface area contributed by atoms with Crippen LogP contribution in [0, 0.1) is 0 Å². The molecule has 3 aromatic carbocycles. The van der Waals surface area contributed by atoms with Gasteiger partial charge in [0.2, 0.25) is 0 Å². The molecule has 1 fully saturated rings. The van der Waals surface area contributed by atoms with Crippen LogP contribution in [0.4, 0.5) is 5.69 Å². The van der Waals surface area contributed by atoms with E-state index in [0.717, 1.165) is 37.0 Å². The first-order valence-electron chi connectivity index (χ1n) is 15.8. The van der Waals surface area contributed by atoms with Gasteiger partial charge in [-0.05, 0) is 85.0 Å². The minimum Gasteiger partial charge on any atom is -0.494 e. The normalized spacial score (nSPS) is 18.9. The molecular formula is C36H46N4O4. The van der Waals surface area contributed by atoms with Gasteiger partial charge in [-0.25, -0.2) is 0 Å². The summed E-state index contributed by atoms with van der Waals surface area (Å²) in [6.45, 7) is 5.97. The molecule has 1 aliphatic carbocycles. The van der Waals surface area contributed by atoms with Crippen LogP contribution < -0.4 is 20.7 Å². The first-order chi connectivity index (χ1) is 21.1. The largest absolute Gasteiger partial charge is 0.494 e. The maximum absolute atomic E-state index is 13.8. The Morgan fingerprint density at radius 1 is 1.07 bits per heavy atom. The number of carbonyl (C=O) groups excluding carboxylic acids is 2. The number of nitrogens with one attached hydrogen (secondary N) is 3. The second kappa shape index (κ2) is 13.8. The van der Waals surface area contributed by atoms with Crippen LogP contribution in [0.2, 0.25) is 0 Å². The van der Waals surface area contributed by atoms with Crippen LogP contribution in [0.1, 0.15) is 82.9 Å². The van der Waals surface area contributed by atoms with Gasteiger partial charge in [-0.1, -0.05) is 50.2 Å². The summed E-state index contributed by atoms with van der Waals surface area (Å²) in [5, 5.41) is 21.7. The first kappa shape index (κ1) is 31.5. The minimum absolute atomic E-state index is 0.163. The average molecular weight is 599 g/mol. The van der Waals surface area contributed by atoms with E-state index in [2.05, 4.69) is 54.1 Å². The number of hydrogen-bond donors (Lipinski definition) is 4. The molecule has 1 aliphatic heterocycles. The van der Waals surface area contributed by atoms with Gasteiger partial charge in [0.25, 0.3) is 11.8 Å². The van der Waals surface area contributed by atoms with E-state index in [9.17, 15) is 14.7 Å². The number of anilines is 1. The molecule has 2 amide bonds. The third kappa shape index (κ3) is 7.79. The molecule has 234 valence electrons. The Hall–Kier alpha value is -3.88. The predicted octanol–water partition coefficient (Wildman–Crippen LogP) is 5.08. The van der Waals surface area contributed by atoms with Crippen molar-refractivity contribution in [1.82, 2.24) is 15.5 Å². The van der Waals surface area contributed by atoms with Crippen molar-refractivity contribution < 1.29 is 19.4 Å². The van der Waals surface area contributed by atoms with Crippen molar-refractivity contribution in [2.24, 2.45) is 0 Å². The smallest absolute Gasteiger partial charge is 0.253 e. The first-order valence-corrected chi connectivity index (χ1v) is 15.8. The molecule has 0 unspecified atom stereocenters. The Morgan fingerprint density at radius 3 is 2.61 bits per heavy atom. The molecule has 5 rings (SSSR count). The van der Waals surface area contributed by atoms with E-state index in [1.807, 2.05) is 24.3 Å². The molecule has 0 aromatic heterocycles. The SMILES string of the molecule is CC(C)c1cccc(C2(NC[C@@H](O)[C@@H]3Cc4cccc(c4)OCCCCNc4cc(cc(C(=O)N(C)C)c4)C(=O)N3)CC2)c1. The van der Waals surface area contributed by atoms with Crippen LogP contribution in [-0.4, -0.2) is 67.8 Å². The van der Waals surface area contributed by atoms with E-state index >= 15 is 0 Å². The lowest BCUT2D eigenvalue weighted by Gasteiger charge is -2.28. The highest BCUT2D eigenvalue weighted by Crippen LogP contribution is 2.46. The van der Waals surface area contributed by atoms with E-state index in [4.69, 9.17) is 4.74 Å². The number of aliphatic hydroxyl groups excluding tert-OH is 1. The molecule has 0 spiro atoms. The summed E-state index contributed by atoms with van der Waals surface area (Å²) in [4.78, 5) is 28.2. The van der Waals surface area contributed by atoms with Crippen molar-refractivity contribution in [3.05, 3.63) is 94.5 Å². The van der Waals surface area contributed by atoms with Crippen LogP contribution in [0.5, 0.6) is 5.75 Å². The predicted molar refractivity (Wildman–Crippen MR) is 175 cm³/mol. The zero-order valence-electron chi connectivity index (χ0n) is 26.4. The van der Waals surface area contributed by atoms with Crippen molar-refractivity contribution in [3.63, 3.8) is 0 Å². The monoisotopic (exact) mass is 598 g/mol. The Morgan fingerprint density at radius 2 is 1.86 bits per heavy atom. The van der Waals surface area contributed by atoms with Gasteiger partial charge in [0.1, 0.15) is 5.75 Å². The average Bonchev–Trinajstić information content (AvgIpc) is 3.81. The molecule has 0 radical (unpaired) electrons. The van der Waals surface area contributed by atoms with E-state index < -0.39 is 12.1 Å². The summed E-state index contributed by atoms with van der Waals surface area (Å²) in [7, 11) is 3.39. The van der Waals surface area contributed by atoms with Gasteiger partial charge < -0.3 is 30.7 Å². The fourth-order valence-electron chi connectivity index (χ4n) is 5.77. The molecule has 2 atom stereocenters. The van der Waals surface area contributed by atoms with Gasteiger partial charge in [0, 0.05) is 49.5 Å². The van der Waals surface area contributed by atoms with Crippen molar-refractivity contribution in [2.45, 2.75) is 69.6 Å². The molecule has 1 saturated carbocycles. The van der Waals surface area contributed by atoms with Crippen molar-refractivity contribution >= 4 is 17.5 Å². The van der Waals surface area contributed by atoms with Crippen LogP contribution in [0.3, 0.4) is 0 Å². The summed E-state index contributed by atoms with van der Waals surface area (Å²) in [5.41, 5.74) is 4.85. The number of fused-ring (bicyclic) bond motifs is 4. The molecule has 2 aliphatic rings. The van der Waals surface area contributed by atoms with Gasteiger partial charge in [0.05, 0.1) is 18.8 Å². The molecule has 3 aromatic rings. The highest BCUT2D eigenvalue weighted by Gasteiger charge is 2.44. The van der Waals surface area contributed by atoms with E-state index in [-0.39, 0.29) is 17.4 Å². The number of hydrogen-bond acceptors (Lipinski definition) is 6. The van der Waals surface area contributed by atoms with E-state index in [1.54, 1.807) is 32.3 Å². The van der Waals surface area contributed by atoms with Crippen LogP contribution in [-0.2, 0) is 12.0 Å². The summed E-state index contributed by atoms with van der Waals surface area (Å²) >= 11 is 0. The van der Waals surface area contributed by atoms with Gasteiger partial charge in [-0.3, -0.25) is 9.59 Å². The summed E-state index contributed by atoms with van der Waals surface area (Å²) in [5.74, 6) is 0.696. The molecule has 4 bridgehead atoms. The molecule has 1 heterocycles. The van der Waals surface area contributed by atoms with Crippen LogP contribution in [0.15, 0.2) is 66.7 Å². The fraction of sp³-hybridized carbons (Fsp3) is 0.444. The van der Waals surface area contributed by atoms with Crippen LogP contribution in [0.25, 0.3) is 0 Å². The molecule has 8 nitrogen and oxygen atoms in total. The Kier molecular flexibility index (Phi) is 9.91. The molecule has 0 saturated heterocycles. The number of benzene rings is 3. The number of nitrogens with zero attached hydrogens (tertiary/aromatic N) is 1. The number of carbonyl (C=O) groups is 2. The molecule has 44 heavy (non-hydrogen) atoms. The number of rotatable bonds is 7. The fourth-order valence-corrected chi connectivity index (χ4v) is 5.77. The molecule has 4 N–H and O–H groups in total. The van der Waals surface area contributed by atoms with Gasteiger partial charge in [-0.2, -0.15) is 0 Å². The standard InChI is InChI=1S/C36H46N4O4/c1-24(2)26-10-8-11-29(20-26)36(13-14-36)38-23-33(41)32-18-25-9-7-12-31(17-25)44-16-6-5-15-37-30-21-27(34(42)39-32)19-28(22-30)35(43)40(3)4/h7-12,17,19-22,24,32-33,37-38,41H,5-6,13-16,18,23H2,1-4H3,(H,39,42)/t32-,33+/m0/s1. The van der Waals surface area contributed by atoms with Crippen molar-refractivity contribution in [3.8, 4) is 5.75 Å². The lowest BCUT2D eigenvalue weighted by atomic mass is 9.95. The van der Waals surface area contributed by atoms with E-state index in [0.29, 0.717) is 48.8 Å². The summed E-state index contributed by atoms with van der Waals surface area (Å²) in [6, 6.07) is 21.2. The minimum atomic E-state index is -0.864. The maximum Gasteiger partial charge on any atom is 0.253 e. The zero-order chi connectivity index (χ0) is 31.3. The second-order valence-electron chi connectivity index (χ2n) is 12.7. The van der Waals surface area contributed by atoms with Gasteiger partial charge in [0.15, 0.2) is 0 Å². The summed E-state index contributed by atoms with van der Waals surface area (Å²) in [6.07, 6.45) is 3.29. The highest BCUT2D eigenvalue weighted by atomic mass is 16.5. The number of amides is 2. The number of aliphatic hydroxyl groups is 1. The van der Waals surface area contributed by atoms with Gasteiger partial charge >= 0.3 is 0 Å². The third-order valence-corrected chi connectivity index (χ3v) is 8.66. The second-order valence-corrected chi connectivity index (χ2v) is 12.7. The Bertz CT molecular complexity index is 1470. The maximum atomic E-state index is 13.8. The topological polar surface area (TPSA) is 103 Å². The quantitative estimate of drug-likeness (QED) is 0.303. The highest BCUT2D eigenvalue weighted by molar-refractivity contribution is 6.01. The lowest BCUT2D eigenvalue weighted by molar-refractivity contribution is 0.0821. The number of ether oxygens (including phenoxy) is 1. The Balaban J connectivity index is 1.40. The van der Waals surface area contributed by atoms with Crippen LogP contribution >= 0.6 is 0 Å². The van der Waals surface area contributed by atoms with Gasteiger partial charge in [-0.15, -0.1) is 0 Å². The third-order valence-electron chi connectivity index (χ3n) is 8.66. The van der Waals surface area contributed by atoms with Crippen molar-refractivity contribution in [2.75, 3.05) is 39.1 Å². The summed E-state index contributed by atoms with van der Waals surface area (Å²) < 4.78 is 6.02.